The lowest BCUT2D eigenvalue weighted by Crippen LogP contribution is -2.07. The number of ketones is 1. The summed E-state index contributed by atoms with van der Waals surface area (Å²) in [5.74, 6) is 0.536. The van der Waals surface area contributed by atoms with Crippen LogP contribution in [0.2, 0.25) is 0 Å². The standard InChI is InChI=1S/C11H11NO2/c13-10(8-11-12-6-7-14-11)9-4-2-1-3-5-9/h1-5,8,12H,6-7H2. The molecule has 1 fully saturated rings. The van der Waals surface area contributed by atoms with Gasteiger partial charge in [0.1, 0.15) is 6.61 Å². The minimum Gasteiger partial charge on any atom is -0.477 e. The maximum atomic E-state index is 11.6. The van der Waals surface area contributed by atoms with E-state index in [1.165, 1.54) is 6.08 Å². The molecule has 0 bridgehead atoms. The molecule has 1 aromatic rings. The second-order valence-electron chi connectivity index (χ2n) is 3.01. The minimum atomic E-state index is -0.0324. The predicted octanol–water partition coefficient (Wildman–Crippen LogP) is 1.33. The van der Waals surface area contributed by atoms with E-state index >= 15 is 0 Å². The van der Waals surface area contributed by atoms with Crippen molar-refractivity contribution in [3.05, 3.63) is 47.9 Å². The second-order valence-corrected chi connectivity index (χ2v) is 3.01. The Morgan fingerprint density at radius 1 is 1.36 bits per heavy atom. The summed E-state index contributed by atoms with van der Waals surface area (Å²) in [5.41, 5.74) is 0.678. The van der Waals surface area contributed by atoms with Gasteiger partial charge in [-0.2, -0.15) is 0 Å². The first-order valence-electron chi connectivity index (χ1n) is 4.54. The smallest absolute Gasteiger partial charge is 0.191 e. The number of ether oxygens (including phenoxy) is 1. The van der Waals surface area contributed by atoms with E-state index in [-0.39, 0.29) is 5.78 Å². The van der Waals surface area contributed by atoms with E-state index in [4.69, 9.17) is 4.74 Å². The first-order chi connectivity index (χ1) is 6.86. The van der Waals surface area contributed by atoms with Crippen LogP contribution in [0.15, 0.2) is 42.3 Å². The molecule has 0 aromatic heterocycles. The maximum absolute atomic E-state index is 11.6. The molecule has 0 saturated carbocycles. The number of rotatable bonds is 2. The van der Waals surface area contributed by atoms with Crippen LogP contribution in [0.4, 0.5) is 0 Å². The van der Waals surface area contributed by atoms with E-state index in [1.54, 1.807) is 12.1 Å². The Hall–Kier alpha value is -1.77. The summed E-state index contributed by atoms with van der Waals surface area (Å²) in [4.78, 5) is 11.6. The van der Waals surface area contributed by atoms with Gasteiger partial charge in [0.15, 0.2) is 11.7 Å². The van der Waals surface area contributed by atoms with Crippen LogP contribution in [-0.4, -0.2) is 18.9 Å². The second kappa shape index (κ2) is 3.96. The van der Waals surface area contributed by atoms with Crippen LogP contribution in [0, 0.1) is 0 Å². The van der Waals surface area contributed by atoms with Gasteiger partial charge in [-0.15, -0.1) is 0 Å². The molecule has 0 unspecified atom stereocenters. The summed E-state index contributed by atoms with van der Waals surface area (Å²) in [6.07, 6.45) is 1.49. The van der Waals surface area contributed by atoms with E-state index in [0.717, 1.165) is 6.54 Å². The Morgan fingerprint density at radius 3 is 2.79 bits per heavy atom. The Morgan fingerprint density at radius 2 is 2.14 bits per heavy atom. The minimum absolute atomic E-state index is 0.0324. The van der Waals surface area contributed by atoms with Crippen LogP contribution in [0.25, 0.3) is 0 Å². The molecule has 1 N–H and O–H groups in total. The van der Waals surface area contributed by atoms with Crippen LogP contribution in [0.1, 0.15) is 10.4 Å². The fraction of sp³-hybridized carbons (Fsp3) is 0.182. The SMILES string of the molecule is O=C(C=C1NCCO1)c1ccccc1. The van der Waals surface area contributed by atoms with Gasteiger partial charge in [-0.1, -0.05) is 30.3 Å². The zero-order chi connectivity index (χ0) is 9.80. The molecule has 0 atom stereocenters. The Bertz CT molecular complexity index is 349. The van der Waals surface area contributed by atoms with Crippen molar-refractivity contribution in [2.45, 2.75) is 0 Å². The van der Waals surface area contributed by atoms with Gasteiger partial charge in [-0.25, -0.2) is 0 Å². The molecule has 3 nitrogen and oxygen atoms in total. The molecule has 1 heterocycles. The zero-order valence-corrected chi connectivity index (χ0v) is 7.69. The summed E-state index contributed by atoms with van der Waals surface area (Å²) in [6, 6.07) is 9.14. The summed E-state index contributed by atoms with van der Waals surface area (Å²) >= 11 is 0. The van der Waals surface area contributed by atoms with Gasteiger partial charge >= 0.3 is 0 Å². The number of nitrogens with one attached hydrogen (secondary N) is 1. The third kappa shape index (κ3) is 1.93. The zero-order valence-electron chi connectivity index (χ0n) is 7.69. The molecular weight excluding hydrogens is 178 g/mol. The van der Waals surface area contributed by atoms with E-state index in [0.29, 0.717) is 18.1 Å². The molecule has 0 amide bonds. The highest BCUT2D eigenvalue weighted by molar-refractivity contribution is 6.04. The van der Waals surface area contributed by atoms with E-state index < -0.39 is 0 Å². The number of hydrogen-bond acceptors (Lipinski definition) is 3. The molecule has 1 aromatic carbocycles. The van der Waals surface area contributed by atoms with Crippen molar-refractivity contribution in [3.63, 3.8) is 0 Å². The van der Waals surface area contributed by atoms with Crippen molar-refractivity contribution >= 4 is 5.78 Å². The van der Waals surface area contributed by atoms with Crippen LogP contribution < -0.4 is 5.32 Å². The average Bonchev–Trinajstić information content (AvgIpc) is 2.72. The first kappa shape index (κ1) is 8.81. The molecule has 1 aliphatic heterocycles. The molecule has 14 heavy (non-hydrogen) atoms. The topological polar surface area (TPSA) is 38.3 Å². The van der Waals surface area contributed by atoms with E-state index in [2.05, 4.69) is 5.32 Å². The van der Waals surface area contributed by atoms with Gasteiger partial charge in [-0.05, 0) is 0 Å². The number of benzene rings is 1. The Kier molecular flexibility index (Phi) is 2.49. The third-order valence-corrected chi connectivity index (χ3v) is 1.98. The predicted molar refractivity (Wildman–Crippen MR) is 52.8 cm³/mol. The van der Waals surface area contributed by atoms with Crippen molar-refractivity contribution < 1.29 is 9.53 Å². The molecule has 72 valence electrons. The van der Waals surface area contributed by atoms with Crippen LogP contribution >= 0.6 is 0 Å². The third-order valence-electron chi connectivity index (χ3n) is 1.98. The van der Waals surface area contributed by atoms with Crippen molar-refractivity contribution in [1.29, 1.82) is 0 Å². The summed E-state index contributed by atoms with van der Waals surface area (Å²) in [7, 11) is 0. The number of carbonyl (C=O) groups excluding carboxylic acids is 1. The molecule has 0 radical (unpaired) electrons. The molecule has 0 spiro atoms. The van der Waals surface area contributed by atoms with E-state index in [9.17, 15) is 4.79 Å². The highest BCUT2D eigenvalue weighted by Crippen LogP contribution is 2.05. The molecule has 3 heteroatoms. The number of allylic oxidation sites excluding steroid dienone is 1. The lowest BCUT2D eigenvalue weighted by Gasteiger charge is -1.98. The van der Waals surface area contributed by atoms with Crippen molar-refractivity contribution in [1.82, 2.24) is 5.32 Å². The highest BCUT2D eigenvalue weighted by Gasteiger charge is 2.09. The van der Waals surface area contributed by atoms with Crippen molar-refractivity contribution in [2.24, 2.45) is 0 Å². The molecule has 1 saturated heterocycles. The van der Waals surface area contributed by atoms with Crippen LogP contribution in [-0.2, 0) is 4.74 Å². The molecular formula is C11H11NO2. The van der Waals surface area contributed by atoms with Crippen LogP contribution in [0.5, 0.6) is 0 Å². The number of hydrogen-bond donors (Lipinski definition) is 1. The Balaban J connectivity index is 2.13. The average molecular weight is 189 g/mol. The monoisotopic (exact) mass is 189 g/mol. The van der Waals surface area contributed by atoms with Gasteiger partial charge in [0, 0.05) is 11.6 Å². The van der Waals surface area contributed by atoms with Crippen molar-refractivity contribution in [3.8, 4) is 0 Å². The normalized spacial score (nSPS) is 17.6. The fourth-order valence-electron chi connectivity index (χ4n) is 1.28. The van der Waals surface area contributed by atoms with Crippen LogP contribution in [0.3, 0.4) is 0 Å². The van der Waals surface area contributed by atoms with E-state index in [1.807, 2.05) is 18.2 Å². The first-order valence-corrected chi connectivity index (χ1v) is 4.54. The number of carbonyl (C=O) groups is 1. The quantitative estimate of drug-likeness (QED) is 0.563. The van der Waals surface area contributed by atoms with Gasteiger partial charge in [0.2, 0.25) is 0 Å². The van der Waals surface area contributed by atoms with Gasteiger partial charge in [0.25, 0.3) is 0 Å². The van der Waals surface area contributed by atoms with Gasteiger partial charge in [0.05, 0.1) is 6.54 Å². The molecule has 0 aliphatic carbocycles. The maximum Gasteiger partial charge on any atom is 0.191 e. The lowest BCUT2D eigenvalue weighted by atomic mass is 10.1. The molecule has 1 aliphatic rings. The summed E-state index contributed by atoms with van der Waals surface area (Å²) in [6.45, 7) is 1.40. The molecule has 2 rings (SSSR count). The summed E-state index contributed by atoms with van der Waals surface area (Å²) < 4.78 is 5.17. The van der Waals surface area contributed by atoms with Gasteiger partial charge < -0.3 is 10.1 Å². The largest absolute Gasteiger partial charge is 0.477 e. The highest BCUT2D eigenvalue weighted by atomic mass is 16.5. The summed E-state index contributed by atoms with van der Waals surface area (Å²) in [5, 5.41) is 2.98. The van der Waals surface area contributed by atoms with Crippen molar-refractivity contribution in [2.75, 3.05) is 13.2 Å². The van der Waals surface area contributed by atoms with Gasteiger partial charge in [-0.3, -0.25) is 4.79 Å². The fourth-order valence-corrected chi connectivity index (χ4v) is 1.28. The Labute approximate surface area is 82.4 Å². The lowest BCUT2D eigenvalue weighted by molar-refractivity contribution is 0.104.